The Kier molecular flexibility index (Phi) is 31.1. The van der Waals surface area contributed by atoms with Crippen LogP contribution in [0.5, 0.6) is 0 Å². The number of nitrogens with zero attached hydrogens (tertiary/aromatic N) is 1. The molecule has 2 saturated heterocycles. The van der Waals surface area contributed by atoms with Gasteiger partial charge in [-0.2, -0.15) is 0 Å². The minimum Gasteiger partial charge on any atom is -0.394 e. The molecule has 2 aliphatic heterocycles. The van der Waals surface area contributed by atoms with Gasteiger partial charge in [-0.25, -0.2) is 0 Å². The number of carbonyl (C=O) groups excluding carboxylic acids is 7. The van der Waals surface area contributed by atoms with Gasteiger partial charge in [0.1, 0.15) is 61.9 Å². The van der Waals surface area contributed by atoms with Crippen LogP contribution in [0.25, 0.3) is 0 Å². The lowest BCUT2D eigenvalue weighted by molar-refractivity contribution is -0.300. The van der Waals surface area contributed by atoms with Crippen LogP contribution in [0.2, 0.25) is 0 Å². The normalized spacial score (nSPS) is 25.5. The Morgan fingerprint density at radius 2 is 0.905 bits per heavy atom. The third kappa shape index (κ3) is 24.2. The molecule has 0 spiro atoms. The van der Waals surface area contributed by atoms with Crippen molar-refractivity contribution in [3.8, 4) is 0 Å². The van der Waals surface area contributed by atoms with Crippen LogP contribution >= 0.6 is 0 Å². The molecule has 26 heteroatoms. The highest BCUT2D eigenvalue weighted by atomic mass is 16.7. The predicted molar refractivity (Wildman–Crippen MR) is 261 cm³/mol. The first-order valence-electron chi connectivity index (χ1n) is 26.2. The Morgan fingerprint density at radius 3 is 1.35 bits per heavy atom. The fourth-order valence-corrected chi connectivity index (χ4v) is 8.66. The van der Waals surface area contributed by atoms with Gasteiger partial charge in [-0.15, -0.1) is 0 Å². The van der Waals surface area contributed by atoms with Gasteiger partial charge in [0.25, 0.3) is 0 Å². The fraction of sp³-hybridized carbons (Fsp3) is 0.854. The number of aliphatic hydroxyl groups is 8. The average molecular weight is 1060 g/mol. The van der Waals surface area contributed by atoms with E-state index in [4.69, 9.17) is 18.9 Å². The number of rotatable bonds is 35. The van der Waals surface area contributed by atoms with Crippen molar-refractivity contribution in [2.75, 3.05) is 72.2 Å². The monoisotopic (exact) mass is 1060 g/mol. The number of carbonyl (C=O) groups is 7. The number of hydrogen-bond donors (Lipinski definition) is 14. The van der Waals surface area contributed by atoms with Crippen molar-refractivity contribution in [1.82, 2.24) is 36.8 Å². The minimum absolute atomic E-state index is 0.0581. The molecule has 0 bridgehead atoms. The molecule has 74 heavy (non-hydrogen) atoms. The van der Waals surface area contributed by atoms with Crippen molar-refractivity contribution in [2.45, 2.75) is 184 Å². The van der Waals surface area contributed by atoms with Gasteiger partial charge in [-0.1, -0.05) is 32.1 Å². The van der Waals surface area contributed by atoms with Crippen LogP contribution in [0.15, 0.2) is 0 Å². The Morgan fingerprint density at radius 1 is 0.500 bits per heavy atom. The summed E-state index contributed by atoms with van der Waals surface area (Å²) in [6.07, 6.45) is -3.77. The second-order valence-electron chi connectivity index (χ2n) is 19.1. The second kappa shape index (κ2) is 36.0. The first-order chi connectivity index (χ1) is 35.4. The average Bonchev–Trinajstić information content (AvgIpc) is 3.38. The van der Waals surface area contributed by atoms with Crippen LogP contribution in [0.3, 0.4) is 0 Å². The van der Waals surface area contributed by atoms with Gasteiger partial charge in [0.05, 0.1) is 33.0 Å². The number of ether oxygens (including phenoxy) is 4. The number of aliphatic hydroxyl groups excluding tert-OH is 8. The Labute approximate surface area is 432 Å². The van der Waals surface area contributed by atoms with E-state index in [9.17, 15) is 74.4 Å². The van der Waals surface area contributed by atoms with Gasteiger partial charge in [-0.3, -0.25) is 33.6 Å². The van der Waals surface area contributed by atoms with Crippen LogP contribution in [0, 0.1) is 5.92 Å². The van der Waals surface area contributed by atoms with E-state index in [0.29, 0.717) is 57.3 Å². The first kappa shape index (κ1) is 64.1. The molecule has 11 atom stereocenters. The van der Waals surface area contributed by atoms with Gasteiger partial charge in [-0.05, 0) is 64.2 Å². The summed E-state index contributed by atoms with van der Waals surface area (Å²) in [5.74, 6) is -2.35. The molecule has 1 saturated carbocycles. The second-order valence-corrected chi connectivity index (χ2v) is 19.1. The maximum Gasteiger partial charge on any atom is 0.242 e. The molecule has 7 amide bonds. The molecule has 3 aliphatic rings. The highest BCUT2D eigenvalue weighted by Crippen LogP contribution is 2.27. The molecule has 3 rings (SSSR count). The zero-order valence-corrected chi connectivity index (χ0v) is 42.7. The number of unbranched alkanes of at least 4 members (excludes halogenated alkanes) is 5. The summed E-state index contributed by atoms with van der Waals surface area (Å²) in [6.45, 7) is -0.228. The van der Waals surface area contributed by atoms with Gasteiger partial charge in [0.15, 0.2) is 12.6 Å². The summed E-state index contributed by atoms with van der Waals surface area (Å²) in [6, 6.07) is 0.0968. The molecule has 14 N–H and O–H groups in total. The van der Waals surface area contributed by atoms with Crippen LogP contribution in [0.4, 0.5) is 0 Å². The Balaban J connectivity index is 1.35. The summed E-state index contributed by atoms with van der Waals surface area (Å²) in [4.78, 5) is 90.1. The highest BCUT2D eigenvalue weighted by molar-refractivity contribution is 5.91. The smallest absolute Gasteiger partial charge is 0.242 e. The molecule has 11 unspecified atom stereocenters. The fourth-order valence-electron chi connectivity index (χ4n) is 8.66. The van der Waals surface area contributed by atoms with Crippen molar-refractivity contribution in [1.29, 1.82) is 0 Å². The molecule has 2 heterocycles. The highest BCUT2D eigenvalue weighted by Gasteiger charge is 2.45. The summed E-state index contributed by atoms with van der Waals surface area (Å²) < 4.78 is 21.2. The van der Waals surface area contributed by atoms with Crippen LogP contribution in [-0.4, -0.2) is 227 Å². The molecular weight excluding hydrogens is 979 g/mol. The molecular formula is C48H85N7O19. The van der Waals surface area contributed by atoms with Crippen molar-refractivity contribution in [2.24, 2.45) is 5.92 Å². The first-order valence-corrected chi connectivity index (χ1v) is 26.2. The molecule has 3 fully saturated rings. The summed E-state index contributed by atoms with van der Waals surface area (Å²) in [7, 11) is 0. The molecule has 0 aromatic heterocycles. The molecule has 0 radical (unpaired) electrons. The Bertz CT molecular complexity index is 1610. The summed E-state index contributed by atoms with van der Waals surface area (Å²) >= 11 is 0. The van der Waals surface area contributed by atoms with Crippen molar-refractivity contribution < 1.29 is 93.4 Å². The molecule has 0 aromatic carbocycles. The maximum atomic E-state index is 13.3. The largest absolute Gasteiger partial charge is 0.394 e. The quantitative estimate of drug-likeness (QED) is 0.0268. The molecule has 0 aromatic rings. The molecule has 26 nitrogen and oxygen atoms in total. The topological polar surface area (TPSA) is 394 Å². The number of nitrogens with one attached hydrogen (secondary N) is 6. The zero-order valence-electron chi connectivity index (χ0n) is 42.7. The van der Waals surface area contributed by atoms with E-state index in [1.54, 1.807) is 0 Å². The lowest BCUT2D eigenvalue weighted by atomic mass is 9.84. The van der Waals surface area contributed by atoms with Crippen molar-refractivity contribution >= 4 is 41.4 Å². The lowest BCUT2D eigenvalue weighted by Gasteiger charge is -2.39. The van der Waals surface area contributed by atoms with E-state index in [0.717, 1.165) is 17.7 Å². The van der Waals surface area contributed by atoms with Crippen molar-refractivity contribution in [3.05, 3.63) is 0 Å². The third-order valence-corrected chi connectivity index (χ3v) is 13.2. The van der Waals surface area contributed by atoms with Crippen LogP contribution < -0.4 is 31.9 Å². The third-order valence-electron chi connectivity index (χ3n) is 13.2. The standard InChI is InChI=1S/C48H85N7O19/c1-30(31-13-5-2-6-14-31)54-37(61)18-10-9-17-36(60)53-25-40(64)55(26-38(62)49-19-11-3-7-15-34(58)51-21-23-71-47-45(69)43(67)41(65)32(28-56)73-47)27-39(63)50-20-12-4-8-16-35(59)52-22-24-72-48-46(70)44(68)42(66)33(29-57)74-48/h30-33,41-48,56-57,65-70H,2-29H2,1H3,(H,49,62)(H,50,63)(H,51,58)(H,52,59)(H,53,60)(H,54,61). The van der Waals surface area contributed by atoms with E-state index < -0.39 is 118 Å². The maximum absolute atomic E-state index is 13.3. The predicted octanol–water partition coefficient (Wildman–Crippen LogP) is -4.20. The van der Waals surface area contributed by atoms with Crippen molar-refractivity contribution in [3.63, 3.8) is 0 Å². The summed E-state index contributed by atoms with van der Waals surface area (Å²) in [5.41, 5.74) is 0. The van der Waals surface area contributed by atoms with E-state index in [1.807, 2.05) is 6.92 Å². The van der Waals surface area contributed by atoms with Gasteiger partial charge in [0.2, 0.25) is 41.4 Å². The van der Waals surface area contributed by atoms with E-state index in [-0.39, 0.29) is 88.8 Å². The van der Waals surface area contributed by atoms with Gasteiger partial charge in [0, 0.05) is 57.9 Å². The number of amides is 7. The Hall–Kier alpha value is -4.19. The SMILES string of the molecule is CC(NC(=O)CCCCC(=O)NCC(=O)N(CC(=O)NCCCCCC(=O)NCCOC1OC(CO)C(O)C(O)C1O)CC(=O)NCCCCCC(=O)NCCOC1OC(CO)C(O)C(O)C1O)C1CCCCC1. The zero-order chi connectivity index (χ0) is 54.4. The van der Waals surface area contributed by atoms with Gasteiger partial charge < -0.3 is 96.6 Å². The van der Waals surface area contributed by atoms with Crippen LogP contribution in [-0.2, 0) is 52.5 Å². The van der Waals surface area contributed by atoms with E-state index in [2.05, 4.69) is 31.9 Å². The van der Waals surface area contributed by atoms with Crippen LogP contribution in [0.1, 0.15) is 116 Å². The molecule has 1 aliphatic carbocycles. The lowest BCUT2D eigenvalue weighted by Crippen LogP contribution is -2.59. The van der Waals surface area contributed by atoms with Gasteiger partial charge >= 0.3 is 0 Å². The molecule has 426 valence electrons. The number of hydrogen-bond acceptors (Lipinski definition) is 19. The van der Waals surface area contributed by atoms with E-state index in [1.165, 1.54) is 19.3 Å². The van der Waals surface area contributed by atoms with E-state index >= 15 is 0 Å². The minimum atomic E-state index is -1.58. The summed E-state index contributed by atoms with van der Waals surface area (Å²) in [5, 5.41) is 94.6.